The van der Waals surface area contributed by atoms with Crippen LogP contribution in [0, 0.1) is 12.3 Å². The minimum atomic E-state index is -1.16. The zero-order valence-electron chi connectivity index (χ0n) is 9.32. The average molecular weight is 228 g/mol. The second-order valence-electron chi connectivity index (χ2n) is 3.09. The zero-order valence-corrected chi connectivity index (χ0v) is 9.32. The van der Waals surface area contributed by atoms with Gasteiger partial charge in [0.2, 0.25) is 0 Å². The van der Waals surface area contributed by atoms with Gasteiger partial charge in [0.05, 0.1) is 12.6 Å². The number of amides is 2. The van der Waals surface area contributed by atoms with Crippen molar-refractivity contribution in [2.24, 2.45) is 0 Å². The lowest BCUT2D eigenvalue weighted by Crippen LogP contribution is -2.50. The maximum Gasteiger partial charge on any atom is 0.328 e. The van der Waals surface area contributed by atoms with Crippen molar-refractivity contribution in [1.82, 2.24) is 10.6 Å². The first-order chi connectivity index (χ1) is 7.54. The summed E-state index contributed by atoms with van der Waals surface area (Å²) in [5, 5.41) is 13.4. The molecule has 0 spiro atoms. The Morgan fingerprint density at radius 1 is 1.50 bits per heavy atom. The number of hydrogen-bond acceptors (Lipinski definition) is 3. The SMILES string of the molecule is C#CC(CC)NC(=O)NC(COC)C(=O)O. The van der Waals surface area contributed by atoms with Crippen LogP contribution < -0.4 is 10.6 Å². The quantitative estimate of drug-likeness (QED) is 0.549. The van der Waals surface area contributed by atoms with Gasteiger partial charge in [0, 0.05) is 7.11 Å². The number of carbonyl (C=O) groups is 2. The molecule has 0 aliphatic rings. The molecule has 6 nitrogen and oxygen atoms in total. The molecule has 0 fully saturated rings. The molecule has 0 aliphatic heterocycles. The van der Waals surface area contributed by atoms with Crippen molar-refractivity contribution in [2.45, 2.75) is 25.4 Å². The molecule has 16 heavy (non-hydrogen) atoms. The molecule has 2 unspecified atom stereocenters. The molecule has 2 atom stereocenters. The molecule has 6 heteroatoms. The van der Waals surface area contributed by atoms with E-state index in [2.05, 4.69) is 21.3 Å². The first kappa shape index (κ1) is 14.3. The fourth-order valence-corrected chi connectivity index (χ4v) is 0.961. The van der Waals surface area contributed by atoms with Gasteiger partial charge in [-0.15, -0.1) is 6.42 Å². The number of carboxylic acids is 1. The molecule has 0 saturated carbocycles. The topological polar surface area (TPSA) is 87.7 Å². The van der Waals surface area contributed by atoms with Crippen LogP contribution in [-0.4, -0.2) is 42.9 Å². The van der Waals surface area contributed by atoms with Gasteiger partial charge in [0.15, 0.2) is 6.04 Å². The molecular weight excluding hydrogens is 212 g/mol. The van der Waals surface area contributed by atoms with Gasteiger partial charge in [0.1, 0.15) is 0 Å². The number of carboxylic acid groups (broad SMARTS) is 1. The molecule has 2 amide bonds. The number of nitrogens with one attached hydrogen (secondary N) is 2. The van der Waals surface area contributed by atoms with E-state index >= 15 is 0 Å². The highest BCUT2D eigenvalue weighted by Crippen LogP contribution is 1.90. The largest absolute Gasteiger partial charge is 0.480 e. The molecule has 3 N–H and O–H groups in total. The molecule has 0 saturated heterocycles. The summed E-state index contributed by atoms with van der Waals surface area (Å²) in [6.45, 7) is 1.71. The smallest absolute Gasteiger partial charge is 0.328 e. The van der Waals surface area contributed by atoms with E-state index < -0.39 is 24.1 Å². The van der Waals surface area contributed by atoms with E-state index in [0.29, 0.717) is 6.42 Å². The summed E-state index contributed by atoms with van der Waals surface area (Å²) in [7, 11) is 1.35. The Balaban J connectivity index is 4.20. The maximum atomic E-state index is 11.3. The number of methoxy groups -OCH3 is 1. The van der Waals surface area contributed by atoms with E-state index in [4.69, 9.17) is 11.5 Å². The predicted octanol–water partition coefficient (Wildman–Crippen LogP) is -0.203. The normalized spacial score (nSPS) is 13.3. The molecule has 0 rings (SSSR count). The van der Waals surface area contributed by atoms with Gasteiger partial charge in [-0.1, -0.05) is 12.8 Å². The van der Waals surface area contributed by atoms with Crippen molar-refractivity contribution < 1.29 is 19.4 Å². The summed E-state index contributed by atoms with van der Waals surface area (Å²) in [6, 6.07) is -2.11. The Morgan fingerprint density at radius 3 is 2.50 bits per heavy atom. The van der Waals surface area contributed by atoms with E-state index in [1.807, 2.05) is 6.92 Å². The van der Waals surface area contributed by atoms with Gasteiger partial charge < -0.3 is 20.5 Å². The van der Waals surface area contributed by atoms with E-state index in [-0.39, 0.29) is 6.61 Å². The van der Waals surface area contributed by atoms with Gasteiger partial charge in [-0.25, -0.2) is 9.59 Å². The Morgan fingerprint density at radius 2 is 2.12 bits per heavy atom. The third-order valence-corrected chi connectivity index (χ3v) is 1.85. The van der Waals surface area contributed by atoms with Crippen LogP contribution in [0.25, 0.3) is 0 Å². The molecular formula is C10H16N2O4. The Bertz CT molecular complexity index is 285. The molecule has 90 valence electrons. The van der Waals surface area contributed by atoms with E-state index in [9.17, 15) is 9.59 Å². The average Bonchev–Trinajstić information content (AvgIpc) is 2.25. The summed E-state index contributed by atoms with van der Waals surface area (Å²) in [4.78, 5) is 22.0. The fraction of sp³-hybridized carbons (Fsp3) is 0.600. The highest BCUT2D eigenvalue weighted by atomic mass is 16.5. The Kier molecular flexibility index (Phi) is 6.72. The van der Waals surface area contributed by atoms with Gasteiger partial charge in [0.25, 0.3) is 0 Å². The predicted molar refractivity (Wildman–Crippen MR) is 57.9 cm³/mol. The number of hydrogen-bond donors (Lipinski definition) is 3. The van der Waals surface area contributed by atoms with Gasteiger partial charge in [-0.3, -0.25) is 0 Å². The summed E-state index contributed by atoms with van der Waals surface area (Å²) >= 11 is 0. The number of rotatable bonds is 6. The fourth-order valence-electron chi connectivity index (χ4n) is 0.961. The summed E-state index contributed by atoms with van der Waals surface area (Å²) in [5.41, 5.74) is 0. The molecule has 0 heterocycles. The molecule has 0 aromatic rings. The minimum Gasteiger partial charge on any atom is -0.480 e. The highest BCUT2D eigenvalue weighted by molar-refractivity contribution is 5.82. The summed E-state index contributed by atoms with van der Waals surface area (Å²) < 4.78 is 4.66. The van der Waals surface area contributed by atoms with Crippen LogP contribution in [0.4, 0.5) is 4.79 Å². The maximum absolute atomic E-state index is 11.3. The van der Waals surface area contributed by atoms with E-state index in [1.54, 1.807) is 0 Å². The highest BCUT2D eigenvalue weighted by Gasteiger charge is 2.20. The van der Waals surface area contributed by atoms with Gasteiger partial charge in [-0.2, -0.15) is 0 Å². The van der Waals surface area contributed by atoms with Gasteiger partial charge >= 0.3 is 12.0 Å². The van der Waals surface area contributed by atoms with Crippen molar-refractivity contribution in [2.75, 3.05) is 13.7 Å². The lowest BCUT2D eigenvalue weighted by atomic mass is 10.2. The van der Waals surface area contributed by atoms with E-state index in [0.717, 1.165) is 0 Å². The molecule has 0 aliphatic carbocycles. The summed E-state index contributed by atoms with van der Waals surface area (Å²) in [6.07, 6.45) is 5.72. The minimum absolute atomic E-state index is 0.102. The lowest BCUT2D eigenvalue weighted by molar-refractivity contribution is -0.140. The first-order valence-corrected chi connectivity index (χ1v) is 4.80. The lowest BCUT2D eigenvalue weighted by Gasteiger charge is -2.16. The molecule has 0 bridgehead atoms. The number of aliphatic carboxylic acids is 1. The second-order valence-corrected chi connectivity index (χ2v) is 3.09. The third kappa shape index (κ3) is 5.22. The summed E-state index contributed by atoms with van der Waals surface area (Å²) in [5.74, 6) is 1.21. The number of carbonyl (C=O) groups excluding carboxylic acids is 1. The zero-order chi connectivity index (χ0) is 12.6. The van der Waals surface area contributed by atoms with Crippen molar-refractivity contribution in [1.29, 1.82) is 0 Å². The van der Waals surface area contributed by atoms with Crippen LogP contribution in [0.5, 0.6) is 0 Å². The molecule has 0 aromatic carbocycles. The number of urea groups is 1. The van der Waals surface area contributed by atoms with Crippen LogP contribution in [0.2, 0.25) is 0 Å². The third-order valence-electron chi connectivity index (χ3n) is 1.85. The van der Waals surface area contributed by atoms with Crippen molar-refractivity contribution in [3.05, 3.63) is 0 Å². The first-order valence-electron chi connectivity index (χ1n) is 4.80. The van der Waals surface area contributed by atoms with Crippen LogP contribution in [0.3, 0.4) is 0 Å². The Labute approximate surface area is 94.4 Å². The second kappa shape index (κ2) is 7.54. The van der Waals surface area contributed by atoms with Crippen LogP contribution in [0.1, 0.15) is 13.3 Å². The Hall–Kier alpha value is -1.74. The van der Waals surface area contributed by atoms with E-state index in [1.165, 1.54) is 7.11 Å². The number of ether oxygens (including phenoxy) is 1. The molecule has 0 aromatic heterocycles. The van der Waals surface area contributed by atoms with Crippen molar-refractivity contribution in [3.63, 3.8) is 0 Å². The van der Waals surface area contributed by atoms with Gasteiger partial charge in [-0.05, 0) is 6.42 Å². The number of terminal acetylenes is 1. The van der Waals surface area contributed by atoms with Crippen LogP contribution in [0.15, 0.2) is 0 Å². The standard InChI is InChI=1S/C10H16N2O4/c1-4-7(5-2)11-10(15)12-8(6-16-3)9(13)14/h1,7-8H,5-6H2,2-3H3,(H,13,14)(H2,11,12,15). The monoisotopic (exact) mass is 228 g/mol. The van der Waals surface area contributed by atoms with Crippen LogP contribution in [-0.2, 0) is 9.53 Å². The van der Waals surface area contributed by atoms with Crippen molar-refractivity contribution in [3.8, 4) is 12.3 Å². The van der Waals surface area contributed by atoms with Crippen LogP contribution >= 0.6 is 0 Å². The van der Waals surface area contributed by atoms with Crippen molar-refractivity contribution >= 4 is 12.0 Å². The molecule has 0 radical (unpaired) electrons.